The van der Waals surface area contributed by atoms with Gasteiger partial charge in [0.15, 0.2) is 0 Å². The van der Waals surface area contributed by atoms with E-state index in [1.165, 1.54) is 0 Å². The fourth-order valence-corrected chi connectivity index (χ4v) is 6.67. The summed E-state index contributed by atoms with van der Waals surface area (Å²) in [6, 6.07) is 34.6. The van der Waals surface area contributed by atoms with Gasteiger partial charge in [-0.3, -0.25) is 0 Å². The largest absolute Gasteiger partial charge is 0.455 e. The number of rotatable bonds is 5. The Hall–Kier alpha value is -6.18. The predicted octanol–water partition coefficient (Wildman–Crippen LogP) is 13.1. The zero-order valence-corrected chi connectivity index (χ0v) is 25.0. The molecule has 0 saturated heterocycles. The maximum atomic E-state index is 8.96. The van der Waals surface area contributed by atoms with E-state index in [1.54, 1.807) is 6.07 Å². The third-order valence-corrected chi connectivity index (χ3v) is 8.62. The van der Waals surface area contributed by atoms with Gasteiger partial charge in [-0.15, -0.1) is 0 Å². The van der Waals surface area contributed by atoms with E-state index in [0.717, 1.165) is 33.0 Å². The average molecular weight is 609 g/mol. The van der Waals surface area contributed by atoms with Crippen molar-refractivity contribution in [1.29, 1.82) is 0 Å². The fourth-order valence-electron chi connectivity index (χ4n) is 6.67. The molecule has 0 aliphatic rings. The Morgan fingerprint density at radius 2 is 0.787 bits per heavy atom. The number of furan rings is 1. The van der Waals surface area contributed by atoms with Crippen molar-refractivity contribution in [3.8, 4) is 55.8 Å². The Morgan fingerprint density at radius 1 is 0.340 bits per heavy atom. The SMILES string of the molecule is [2H]c1c([2H])c([2H])c(-c2oc3ccccc3c2-c2cc(-c3ccccc3)cc(-c3c4ccccc4c(-c4c([2H])c([2H])c([2H])c([2H])c4[2H])c4ccccc34)c2)c([2H])c1[2H]. The van der Waals surface area contributed by atoms with Gasteiger partial charge in [-0.05, 0) is 84.8 Å². The highest BCUT2D eigenvalue weighted by molar-refractivity contribution is 6.21. The van der Waals surface area contributed by atoms with Gasteiger partial charge in [0.25, 0.3) is 0 Å². The first-order valence-electron chi connectivity index (χ1n) is 20.3. The number of hydrogen-bond donors (Lipinski definition) is 0. The third-order valence-electron chi connectivity index (χ3n) is 8.62. The van der Waals surface area contributed by atoms with Gasteiger partial charge in [-0.1, -0.05) is 157 Å². The van der Waals surface area contributed by atoms with Crippen LogP contribution in [-0.4, -0.2) is 0 Å². The molecule has 47 heavy (non-hydrogen) atoms. The Balaban J connectivity index is 1.42. The van der Waals surface area contributed by atoms with Crippen molar-refractivity contribution in [2.24, 2.45) is 0 Å². The van der Waals surface area contributed by atoms with Gasteiger partial charge in [0, 0.05) is 16.5 Å². The third kappa shape index (κ3) is 4.64. The minimum Gasteiger partial charge on any atom is -0.455 e. The van der Waals surface area contributed by atoms with Crippen LogP contribution >= 0.6 is 0 Å². The first-order valence-corrected chi connectivity index (χ1v) is 15.3. The van der Waals surface area contributed by atoms with Crippen LogP contribution in [0.1, 0.15) is 13.7 Å². The lowest BCUT2D eigenvalue weighted by atomic mass is 9.84. The maximum absolute atomic E-state index is 8.96. The van der Waals surface area contributed by atoms with Crippen molar-refractivity contribution in [2.75, 3.05) is 0 Å². The molecule has 0 bridgehead atoms. The van der Waals surface area contributed by atoms with E-state index >= 15 is 0 Å². The van der Waals surface area contributed by atoms with Crippen molar-refractivity contribution < 1.29 is 18.1 Å². The molecule has 0 radical (unpaired) electrons. The van der Waals surface area contributed by atoms with E-state index < -0.39 is 36.3 Å². The van der Waals surface area contributed by atoms with E-state index in [2.05, 4.69) is 6.07 Å². The van der Waals surface area contributed by atoms with E-state index in [9.17, 15) is 0 Å². The molecule has 0 aliphatic heterocycles. The van der Waals surface area contributed by atoms with Crippen molar-refractivity contribution >= 4 is 32.5 Å². The van der Waals surface area contributed by atoms with Gasteiger partial charge in [0.2, 0.25) is 0 Å². The van der Waals surface area contributed by atoms with Crippen molar-refractivity contribution in [3.63, 3.8) is 0 Å². The van der Waals surface area contributed by atoms with Crippen LogP contribution in [0.3, 0.4) is 0 Å². The number of para-hydroxylation sites is 1. The summed E-state index contributed by atoms with van der Waals surface area (Å²) >= 11 is 0. The van der Waals surface area contributed by atoms with Crippen LogP contribution in [0, 0.1) is 0 Å². The standard InChI is InChI=1S/C46H30O/c1-4-16-31(17-5-1)34-28-35(30-36(29-34)45-41-26-14-15-27-42(41)47-46(45)33-20-8-3-9-21-33)44-39-24-12-10-22-37(39)43(32-18-6-2-7-19-32)38-23-11-13-25-40(38)44/h1-30H/i2D,3D,6D,7D,8D,9D,18D,19D,20D,21D. The minimum absolute atomic E-state index is 0.0438. The minimum atomic E-state index is -0.495. The first kappa shape index (κ1) is 18.7. The first-order chi connectivity index (χ1) is 27.5. The highest BCUT2D eigenvalue weighted by Gasteiger charge is 2.21. The Morgan fingerprint density at radius 3 is 1.38 bits per heavy atom. The Kier molecular flexibility index (Phi) is 4.50. The Labute approximate surface area is 288 Å². The van der Waals surface area contributed by atoms with Crippen molar-refractivity contribution in [1.82, 2.24) is 0 Å². The maximum Gasteiger partial charge on any atom is 0.143 e. The lowest BCUT2D eigenvalue weighted by molar-refractivity contribution is 0.632. The smallest absolute Gasteiger partial charge is 0.143 e. The van der Waals surface area contributed by atoms with E-state index in [1.807, 2.05) is 109 Å². The van der Waals surface area contributed by atoms with Crippen molar-refractivity contribution in [2.45, 2.75) is 0 Å². The average Bonchev–Trinajstić information content (AvgIpc) is 3.62. The summed E-state index contributed by atoms with van der Waals surface area (Å²) < 4.78 is 92.7. The van der Waals surface area contributed by atoms with E-state index in [-0.39, 0.29) is 41.1 Å². The van der Waals surface area contributed by atoms with Gasteiger partial charge in [0.05, 0.1) is 13.7 Å². The quantitative estimate of drug-likeness (QED) is 0.177. The molecule has 1 heterocycles. The van der Waals surface area contributed by atoms with Crippen LogP contribution in [0.25, 0.3) is 88.3 Å². The summed E-state index contributed by atoms with van der Waals surface area (Å²) in [4.78, 5) is 0. The molecule has 1 aromatic heterocycles. The fraction of sp³-hybridized carbons (Fsp3) is 0. The van der Waals surface area contributed by atoms with Crippen molar-refractivity contribution in [3.05, 3.63) is 182 Å². The molecule has 0 atom stereocenters. The summed E-state index contributed by atoms with van der Waals surface area (Å²) in [7, 11) is 0. The molecular weight excluding hydrogens is 569 g/mol. The van der Waals surface area contributed by atoms with Gasteiger partial charge in [-0.2, -0.15) is 0 Å². The van der Waals surface area contributed by atoms with Gasteiger partial charge < -0.3 is 4.42 Å². The number of fused-ring (bicyclic) bond motifs is 3. The zero-order valence-electron chi connectivity index (χ0n) is 35.0. The van der Waals surface area contributed by atoms with Gasteiger partial charge in [0.1, 0.15) is 11.3 Å². The topological polar surface area (TPSA) is 13.1 Å². The molecule has 0 saturated carbocycles. The summed E-state index contributed by atoms with van der Waals surface area (Å²) in [5.41, 5.74) is 5.74. The molecule has 220 valence electrons. The molecule has 9 aromatic rings. The van der Waals surface area contributed by atoms with Crippen LogP contribution < -0.4 is 0 Å². The predicted molar refractivity (Wildman–Crippen MR) is 198 cm³/mol. The molecule has 1 nitrogen and oxygen atoms in total. The number of hydrogen-bond acceptors (Lipinski definition) is 1. The van der Waals surface area contributed by atoms with E-state index in [4.69, 9.17) is 18.1 Å². The van der Waals surface area contributed by atoms with Crippen LogP contribution in [0.15, 0.2) is 186 Å². The number of benzene rings is 8. The highest BCUT2D eigenvalue weighted by atomic mass is 16.3. The Bertz CT molecular complexity index is 3020. The molecule has 0 fully saturated rings. The second-order valence-electron chi connectivity index (χ2n) is 11.3. The zero-order chi connectivity index (χ0) is 39.9. The summed E-state index contributed by atoms with van der Waals surface area (Å²) in [6.45, 7) is 0. The molecule has 0 aliphatic carbocycles. The molecule has 8 aromatic carbocycles. The highest BCUT2D eigenvalue weighted by Crippen LogP contribution is 2.47. The van der Waals surface area contributed by atoms with Gasteiger partial charge in [-0.25, -0.2) is 0 Å². The lowest BCUT2D eigenvalue weighted by Crippen LogP contribution is -1.92. The van der Waals surface area contributed by atoms with Crippen LogP contribution in [0.4, 0.5) is 0 Å². The molecule has 0 amide bonds. The summed E-state index contributed by atoms with van der Waals surface area (Å²) in [5, 5.41) is 3.67. The summed E-state index contributed by atoms with van der Waals surface area (Å²) in [6.07, 6.45) is 0. The molecular formula is C46H30O. The summed E-state index contributed by atoms with van der Waals surface area (Å²) in [5.74, 6) is 0.149. The normalized spacial score (nSPS) is 14.4. The molecule has 0 unspecified atom stereocenters. The van der Waals surface area contributed by atoms with Crippen LogP contribution in [0.5, 0.6) is 0 Å². The van der Waals surface area contributed by atoms with E-state index in [0.29, 0.717) is 38.4 Å². The van der Waals surface area contributed by atoms with Crippen LogP contribution in [-0.2, 0) is 0 Å². The molecule has 0 N–H and O–H groups in total. The molecule has 9 rings (SSSR count). The monoisotopic (exact) mass is 608 g/mol. The second-order valence-corrected chi connectivity index (χ2v) is 11.3. The molecule has 0 spiro atoms. The van der Waals surface area contributed by atoms with Crippen LogP contribution in [0.2, 0.25) is 0 Å². The lowest BCUT2D eigenvalue weighted by Gasteiger charge is -2.19. The molecule has 1 heteroatoms. The second kappa shape index (κ2) is 11.3. The van der Waals surface area contributed by atoms with Gasteiger partial charge >= 0.3 is 0 Å².